The van der Waals surface area contributed by atoms with Crippen LogP contribution in [0.4, 0.5) is 0 Å². The van der Waals surface area contributed by atoms with Gasteiger partial charge in [0.05, 0.1) is 12.2 Å². The molecule has 0 saturated heterocycles. The maximum absolute atomic E-state index is 13.3. The maximum Gasteiger partial charge on any atom is 0.492 e. The van der Waals surface area contributed by atoms with Crippen molar-refractivity contribution in [1.29, 1.82) is 0 Å². The molecule has 4 rings (SSSR count). The van der Waals surface area contributed by atoms with Crippen LogP contribution in [0.15, 0.2) is 30.9 Å². The van der Waals surface area contributed by atoms with Crippen LogP contribution in [0.3, 0.4) is 0 Å². The number of carbonyl (C=O) groups is 2. The van der Waals surface area contributed by atoms with E-state index in [1.165, 1.54) is 0 Å². The van der Waals surface area contributed by atoms with Crippen molar-refractivity contribution in [1.82, 2.24) is 4.90 Å². The van der Waals surface area contributed by atoms with Gasteiger partial charge in [0.2, 0.25) is 0 Å². The van der Waals surface area contributed by atoms with Gasteiger partial charge in [0.1, 0.15) is 17.6 Å². The van der Waals surface area contributed by atoms with Gasteiger partial charge >= 0.3 is 13.1 Å². The smallest absolute Gasteiger partial charge is 0.482 e. The largest absolute Gasteiger partial charge is 0.492 e. The van der Waals surface area contributed by atoms with Gasteiger partial charge in [-0.1, -0.05) is 39.8 Å². The van der Waals surface area contributed by atoms with E-state index in [0.717, 1.165) is 24.8 Å². The number of benzene rings is 1. The molecular formula is C33H50BNO7. The van der Waals surface area contributed by atoms with Crippen LogP contribution < -0.4 is 10.2 Å². The molecule has 232 valence electrons. The van der Waals surface area contributed by atoms with Crippen molar-refractivity contribution in [3.63, 3.8) is 0 Å². The molecule has 1 aromatic carbocycles. The van der Waals surface area contributed by atoms with Gasteiger partial charge in [0, 0.05) is 23.8 Å². The number of hydrogen-bond acceptors (Lipinski definition) is 8. The van der Waals surface area contributed by atoms with Crippen molar-refractivity contribution in [2.24, 2.45) is 28.1 Å². The van der Waals surface area contributed by atoms with Crippen molar-refractivity contribution in [2.45, 2.75) is 91.5 Å². The Kier molecular flexibility index (Phi) is 9.68. The number of nitrogens with zero attached hydrogens (tertiary/aromatic N) is 1. The molecule has 2 bridgehead atoms. The van der Waals surface area contributed by atoms with Gasteiger partial charge in [0.15, 0.2) is 6.61 Å². The second-order valence-electron chi connectivity index (χ2n) is 14.1. The average molecular weight is 584 g/mol. The van der Waals surface area contributed by atoms with Crippen LogP contribution in [0.1, 0.15) is 84.8 Å². The number of aliphatic hydroxyl groups excluding tert-OH is 1. The minimum atomic E-state index is -1.04. The Hall–Kier alpha value is -2.20. The first-order valence-electron chi connectivity index (χ1n) is 15.4. The van der Waals surface area contributed by atoms with Gasteiger partial charge in [-0.05, 0) is 93.5 Å². The molecule has 1 aliphatic heterocycles. The van der Waals surface area contributed by atoms with E-state index in [1.807, 2.05) is 32.0 Å². The standard InChI is InChI=1S/C33H50BNO7/c1-9-31(5)17-28(32(6)20-33(14-12-21(32)2,15-13-22(3)36)23(4)30(31)38)41-29(37)19-40-24-10-11-25-26(16-24)34(39)42-27(25)18-35(7)8/h9-11,16,21,23,27-28,30,38-39H,1,12-15,17-20H2,2-8H3/t21-,23+,27?,28-,30+,31-,32+,33-/m1/s1. The number of aliphatic hydroxyl groups is 1. The first-order chi connectivity index (χ1) is 19.6. The Balaban J connectivity index is 1.54. The summed E-state index contributed by atoms with van der Waals surface area (Å²) in [6, 6.07) is 5.38. The number of fused-ring (bicyclic) bond motifs is 3. The quantitative estimate of drug-likeness (QED) is 0.241. The second-order valence-corrected chi connectivity index (χ2v) is 14.1. The fourth-order valence-electron chi connectivity index (χ4n) is 7.84. The fraction of sp³-hybridized carbons (Fsp3) is 0.697. The summed E-state index contributed by atoms with van der Waals surface area (Å²) in [5.74, 6) is 0.372. The molecule has 2 aliphatic carbocycles. The molecule has 2 saturated carbocycles. The van der Waals surface area contributed by atoms with Crippen LogP contribution in [-0.2, 0) is 19.0 Å². The third kappa shape index (κ3) is 6.35. The van der Waals surface area contributed by atoms with Crippen molar-refractivity contribution >= 4 is 24.3 Å². The average Bonchev–Trinajstić information content (AvgIpc) is 3.24. The third-order valence-electron chi connectivity index (χ3n) is 11.0. The number of rotatable bonds is 10. The molecule has 9 heteroatoms. The van der Waals surface area contributed by atoms with E-state index in [0.29, 0.717) is 37.0 Å². The number of ketones is 1. The van der Waals surface area contributed by atoms with E-state index in [4.69, 9.17) is 14.1 Å². The van der Waals surface area contributed by atoms with Gasteiger partial charge < -0.3 is 34.0 Å². The Labute approximate surface area is 251 Å². The Morgan fingerprint density at radius 1 is 1.26 bits per heavy atom. The van der Waals surface area contributed by atoms with Crippen LogP contribution in [0.5, 0.6) is 5.75 Å². The van der Waals surface area contributed by atoms with Crippen LogP contribution in [0, 0.1) is 28.1 Å². The zero-order valence-electron chi connectivity index (χ0n) is 26.5. The normalized spacial score (nSPS) is 36.1. The lowest BCUT2D eigenvalue weighted by Gasteiger charge is -2.60. The minimum absolute atomic E-state index is 0.0388. The zero-order chi connectivity index (χ0) is 31.0. The Morgan fingerprint density at radius 2 is 1.98 bits per heavy atom. The van der Waals surface area contributed by atoms with E-state index >= 15 is 0 Å². The number of Topliss-reactive ketones (excluding diaryl/α,β-unsaturated/α-hetero) is 1. The number of likely N-dealkylation sites (N-methyl/N-ethyl adjacent to an activating group) is 1. The van der Waals surface area contributed by atoms with Crippen molar-refractivity contribution < 1.29 is 33.8 Å². The predicted octanol–water partition coefficient (Wildman–Crippen LogP) is 4.07. The SMILES string of the molecule is C=C[C@]1(C)C[C@@H](OC(=O)COc2ccc3c(c2)B(O)OC3CN(C)C)[C@@]2(C)C[C@](CCC(C)=O)(CC[C@H]2C)[C@@H](C)[C@@H]1O. The number of esters is 1. The van der Waals surface area contributed by atoms with Crippen molar-refractivity contribution in [3.05, 3.63) is 36.4 Å². The lowest BCUT2D eigenvalue weighted by atomic mass is 9.47. The summed E-state index contributed by atoms with van der Waals surface area (Å²) >= 11 is 0. The first-order valence-corrected chi connectivity index (χ1v) is 15.4. The zero-order valence-corrected chi connectivity index (χ0v) is 26.5. The summed E-state index contributed by atoms with van der Waals surface area (Å²) in [5, 5.41) is 22.1. The topological polar surface area (TPSA) is 106 Å². The predicted molar refractivity (Wildman–Crippen MR) is 163 cm³/mol. The number of ether oxygens (including phenoxy) is 2. The van der Waals surface area contributed by atoms with Crippen LogP contribution in [0.2, 0.25) is 0 Å². The van der Waals surface area contributed by atoms with E-state index in [9.17, 15) is 19.7 Å². The molecule has 0 amide bonds. The highest BCUT2D eigenvalue weighted by molar-refractivity contribution is 6.61. The molecule has 2 fully saturated rings. The lowest BCUT2D eigenvalue weighted by molar-refractivity contribution is -0.190. The molecule has 2 N–H and O–H groups in total. The highest BCUT2D eigenvalue weighted by atomic mass is 16.6. The third-order valence-corrected chi connectivity index (χ3v) is 11.0. The molecule has 8 atom stereocenters. The number of hydrogen-bond donors (Lipinski definition) is 2. The van der Waals surface area contributed by atoms with Gasteiger partial charge in [-0.2, -0.15) is 0 Å². The molecule has 1 heterocycles. The van der Waals surface area contributed by atoms with E-state index in [-0.39, 0.29) is 41.2 Å². The molecule has 8 nitrogen and oxygen atoms in total. The summed E-state index contributed by atoms with van der Waals surface area (Å²) < 4.78 is 17.8. The minimum Gasteiger partial charge on any atom is -0.482 e. The van der Waals surface area contributed by atoms with Crippen LogP contribution >= 0.6 is 0 Å². The highest BCUT2D eigenvalue weighted by Gasteiger charge is 2.58. The monoisotopic (exact) mass is 583 g/mol. The summed E-state index contributed by atoms with van der Waals surface area (Å²) in [5.41, 5.74) is 0.285. The maximum atomic E-state index is 13.3. The fourth-order valence-corrected chi connectivity index (χ4v) is 7.84. The lowest BCUT2D eigenvalue weighted by Crippen LogP contribution is -2.58. The Bertz CT molecular complexity index is 1180. The molecule has 42 heavy (non-hydrogen) atoms. The van der Waals surface area contributed by atoms with Crippen LogP contribution in [-0.4, -0.2) is 73.4 Å². The molecule has 0 radical (unpaired) electrons. The molecule has 0 aromatic heterocycles. The highest BCUT2D eigenvalue weighted by Crippen LogP contribution is 2.62. The van der Waals surface area contributed by atoms with Gasteiger partial charge in [-0.25, -0.2) is 4.79 Å². The van der Waals surface area contributed by atoms with Crippen molar-refractivity contribution in [3.8, 4) is 5.75 Å². The summed E-state index contributed by atoms with van der Waals surface area (Å²) in [7, 11) is 2.86. The Morgan fingerprint density at radius 3 is 2.62 bits per heavy atom. The van der Waals surface area contributed by atoms with E-state index < -0.39 is 30.7 Å². The first kappa shape index (κ1) is 32.7. The molecule has 1 unspecified atom stereocenters. The second kappa shape index (κ2) is 12.4. The van der Waals surface area contributed by atoms with E-state index in [1.54, 1.807) is 25.1 Å². The summed E-state index contributed by atoms with van der Waals surface area (Å²) in [6.07, 6.45) is 4.70. The molecular weight excluding hydrogens is 533 g/mol. The molecule has 0 spiro atoms. The van der Waals surface area contributed by atoms with Crippen LogP contribution in [0.25, 0.3) is 0 Å². The van der Waals surface area contributed by atoms with Gasteiger partial charge in [-0.3, -0.25) is 0 Å². The van der Waals surface area contributed by atoms with Gasteiger partial charge in [-0.15, -0.1) is 6.58 Å². The van der Waals surface area contributed by atoms with Gasteiger partial charge in [0.25, 0.3) is 0 Å². The summed E-state index contributed by atoms with van der Waals surface area (Å²) in [6.45, 7) is 14.6. The molecule has 1 aromatic rings. The number of carbonyl (C=O) groups excluding carboxylic acids is 2. The van der Waals surface area contributed by atoms with Crippen molar-refractivity contribution in [2.75, 3.05) is 27.2 Å². The summed E-state index contributed by atoms with van der Waals surface area (Å²) in [4.78, 5) is 27.4. The van der Waals surface area contributed by atoms with E-state index in [2.05, 4.69) is 27.4 Å². The molecule has 3 aliphatic rings.